The Morgan fingerprint density at radius 2 is 2.14 bits per heavy atom. The maximum absolute atomic E-state index is 11.5. The van der Waals surface area contributed by atoms with Gasteiger partial charge in [0.05, 0.1) is 5.54 Å². The molecular formula is C10H19N3O. The van der Waals surface area contributed by atoms with Gasteiger partial charge in [-0.3, -0.25) is 4.79 Å². The summed E-state index contributed by atoms with van der Waals surface area (Å²) in [5.74, 6) is 0.470. The number of amides is 1. The van der Waals surface area contributed by atoms with Gasteiger partial charge in [-0.2, -0.15) is 0 Å². The highest BCUT2D eigenvalue weighted by molar-refractivity contribution is 5.88. The molecule has 0 aromatic carbocycles. The minimum atomic E-state index is -0.539. The number of nitrogens with one attached hydrogen (secondary N) is 1. The van der Waals surface area contributed by atoms with Crippen LogP contribution in [0.5, 0.6) is 0 Å². The summed E-state index contributed by atoms with van der Waals surface area (Å²) in [6.45, 7) is 0.707. The third kappa shape index (κ3) is 1.91. The van der Waals surface area contributed by atoms with Crippen molar-refractivity contribution in [2.24, 2.45) is 17.4 Å². The molecule has 0 aromatic heterocycles. The minimum absolute atomic E-state index is 0.0107. The molecule has 2 unspecified atom stereocenters. The highest BCUT2D eigenvalue weighted by Gasteiger charge is 2.46. The molecule has 0 radical (unpaired) electrons. The zero-order valence-corrected chi connectivity index (χ0v) is 8.46. The van der Waals surface area contributed by atoms with Crippen LogP contribution >= 0.6 is 0 Å². The fourth-order valence-electron chi connectivity index (χ4n) is 2.08. The molecule has 1 amide bonds. The Bertz CT molecular complexity index is 238. The molecule has 2 aliphatic rings. The van der Waals surface area contributed by atoms with E-state index in [2.05, 4.69) is 5.32 Å². The second-order valence-electron chi connectivity index (χ2n) is 4.72. The van der Waals surface area contributed by atoms with E-state index in [9.17, 15) is 4.79 Å². The number of carbonyl (C=O) groups excluding carboxylic acids is 1. The van der Waals surface area contributed by atoms with Gasteiger partial charge >= 0.3 is 0 Å². The van der Waals surface area contributed by atoms with Gasteiger partial charge < -0.3 is 16.8 Å². The molecule has 0 heterocycles. The van der Waals surface area contributed by atoms with Crippen LogP contribution in [0.15, 0.2) is 0 Å². The Morgan fingerprint density at radius 1 is 1.43 bits per heavy atom. The van der Waals surface area contributed by atoms with Crippen LogP contribution in [0, 0.1) is 5.92 Å². The molecule has 2 saturated carbocycles. The molecule has 0 bridgehead atoms. The predicted molar refractivity (Wildman–Crippen MR) is 54.5 cm³/mol. The first-order chi connectivity index (χ1) is 6.62. The number of carbonyl (C=O) groups is 1. The standard InChI is InChI=1S/C10H19N3O/c11-8-3-1-2-7(8)6-13-9(14)10(12)4-5-10/h7-8H,1-6,11-12H2,(H,13,14). The molecule has 4 nitrogen and oxygen atoms in total. The molecule has 0 aromatic rings. The van der Waals surface area contributed by atoms with Crippen molar-refractivity contribution in [2.75, 3.05) is 6.54 Å². The first kappa shape index (κ1) is 9.93. The van der Waals surface area contributed by atoms with E-state index in [0.29, 0.717) is 12.5 Å². The fraction of sp³-hybridized carbons (Fsp3) is 0.900. The molecule has 2 rings (SSSR count). The molecular weight excluding hydrogens is 178 g/mol. The van der Waals surface area contributed by atoms with Crippen molar-refractivity contribution in [3.63, 3.8) is 0 Å². The average molecular weight is 197 g/mol. The second-order valence-corrected chi connectivity index (χ2v) is 4.72. The van der Waals surface area contributed by atoms with E-state index < -0.39 is 5.54 Å². The van der Waals surface area contributed by atoms with Gasteiger partial charge in [-0.15, -0.1) is 0 Å². The summed E-state index contributed by atoms with van der Waals surface area (Å²) in [6.07, 6.45) is 5.08. The topological polar surface area (TPSA) is 81.1 Å². The quantitative estimate of drug-likeness (QED) is 0.582. The van der Waals surface area contributed by atoms with Crippen LogP contribution < -0.4 is 16.8 Å². The maximum Gasteiger partial charge on any atom is 0.240 e. The molecule has 4 heteroatoms. The van der Waals surface area contributed by atoms with E-state index in [-0.39, 0.29) is 11.9 Å². The Morgan fingerprint density at radius 3 is 2.64 bits per heavy atom. The van der Waals surface area contributed by atoms with Crippen LogP contribution in [0.2, 0.25) is 0 Å². The van der Waals surface area contributed by atoms with E-state index >= 15 is 0 Å². The summed E-state index contributed by atoms with van der Waals surface area (Å²) in [6, 6.07) is 0.267. The monoisotopic (exact) mass is 197 g/mol. The van der Waals surface area contributed by atoms with Crippen molar-refractivity contribution in [3.8, 4) is 0 Å². The van der Waals surface area contributed by atoms with Gasteiger partial charge in [0.1, 0.15) is 0 Å². The second kappa shape index (κ2) is 3.51. The third-order valence-corrected chi connectivity index (χ3v) is 3.48. The van der Waals surface area contributed by atoms with Crippen LogP contribution in [0.25, 0.3) is 0 Å². The van der Waals surface area contributed by atoms with Gasteiger partial charge in [0, 0.05) is 12.6 Å². The number of rotatable bonds is 3. The molecule has 14 heavy (non-hydrogen) atoms. The SMILES string of the molecule is NC1CCCC1CNC(=O)C1(N)CC1. The number of hydrogen-bond acceptors (Lipinski definition) is 3. The van der Waals surface area contributed by atoms with E-state index in [1.165, 1.54) is 6.42 Å². The van der Waals surface area contributed by atoms with Crippen LogP contribution in [0.3, 0.4) is 0 Å². The highest BCUT2D eigenvalue weighted by atomic mass is 16.2. The van der Waals surface area contributed by atoms with Crippen LogP contribution in [-0.2, 0) is 4.79 Å². The summed E-state index contributed by atoms with van der Waals surface area (Å²) in [5, 5.41) is 2.91. The lowest BCUT2D eigenvalue weighted by molar-refractivity contribution is -0.123. The van der Waals surface area contributed by atoms with Gasteiger partial charge in [-0.1, -0.05) is 6.42 Å². The normalized spacial score (nSPS) is 34.1. The lowest BCUT2D eigenvalue weighted by atomic mass is 10.0. The van der Waals surface area contributed by atoms with E-state index in [1.54, 1.807) is 0 Å². The lowest BCUT2D eigenvalue weighted by Gasteiger charge is -2.17. The van der Waals surface area contributed by atoms with E-state index in [1.807, 2.05) is 0 Å². The first-order valence-corrected chi connectivity index (χ1v) is 5.44. The van der Waals surface area contributed by atoms with Crippen LogP contribution in [0.1, 0.15) is 32.1 Å². The summed E-state index contributed by atoms with van der Waals surface area (Å²) in [4.78, 5) is 11.5. The zero-order valence-electron chi connectivity index (χ0n) is 8.46. The largest absolute Gasteiger partial charge is 0.354 e. The molecule has 2 aliphatic carbocycles. The average Bonchev–Trinajstić information content (AvgIpc) is 2.77. The highest BCUT2D eigenvalue weighted by Crippen LogP contribution is 2.32. The van der Waals surface area contributed by atoms with Gasteiger partial charge in [0.15, 0.2) is 0 Å². The van der Waals surface area contributed by atoms with Crippen LogP contribution in [-0.4, -0.2) is 24.0 Å². The van der Waals surface area contributed by atoms with Crippen molar-refractivity contribution < 1.29 is 4.79 Å². The van der Waals surface area contributed by atoms with E-state index in [4.69, 9.17) is 11.5 Å². The van der Waals surface area contributed by atoms with E-state index in [0.717, 1.165) is 25.7 Å². The summed E-state index contributed by atoms with van der Waals surface area (Å²) in [7, 11) is 0. The predicted octanol–water partition coefficient (Wildman–Crippen LogP) is -0.279. The maximum atomic E-state index is 11.5. The molecule has 80 valence electrons. The van der Waals surface area contributed by atoms with Crippen molar-refractivity contribution >= 4 is 5.91 Å². The summed E-state index contributed by atoms with van der Waals surface area (Å²) >= 11 is 0. The number of hydrogen-bond donors (Lipinski definition) is 3. The van der Waals surface area contributed by atoms with Crippen molar-refractivity contribution in [1.29, 1.82) is 0 Å². The Kier molecular flexibility index (Phi) is 2.49. The Labute approximate surface area is 84.4 Å². The molecule has 2 fully saturated rings. The summed E-state index contributed by atoms with van der Waals surface area (Å²) in [5.41, 5.74) is 11.1. The molecule has 5 N–H and O–H groups in total. The first-order valence-electron chi connectivity index (χ1n) is 5.44. The van der Waals surface area contributed by atoms with Gasteiger partial charge in [0.2, 0.25) is 5.91 Å². The smallest absolute Gasteiger partial charge is 0.240 e. The van der Waals surface area contributed by atoms with Crippen molar-refractivity contribution in [2.45, 2.75) is 43.7 Å². The molecule has 0 spiro atoms. The third-order valence-electron chi connectivity index (χ3n) is 3.48. The van der Waals surface area contributed by atoms with Gasteiger partial charge in [-0.05, 0) is 31.6 Å². The van der Waals surface area contributed by atoms with Gasteiger partial charge in [-0.25, -0.2) is 0 Å². The molecule has 0 saturated heterocycles. The Hall–Kier alpha value is -0.610. The summed E-state index contributed by atoms with van der Waals surface area (Å²) < 4.78 is 0. The van der Waals surface area contributed by atoms with Gasteiger partial charge in [0.25, 0.3) is 0 Å². The fourth-order valence-corrected chi connectivity index (χ4v) is 2.08. The zero-order chi connectivity index (χ0) is 10.2. The minimum Gasteiger partial charge on any atom is -0.354 e. The van der Waals surface area contributed by atoms with Crippen molar-refractivity contribution in [3.05, 3.63) is 0 Å². The lowest BCUT2D eigenvalue weighted by Crippen LogP contribution is -2.45. The number of nitrogens with two attached hydrogens (primary N) is 2. The van der Waals surface area contributed by atoms with Crippen LogP contribution in [0.4, 0.5) is 0 Å². The molecule has 2 atom stereocenters. The molecule has 0 aliphatic heterocycles. The van der Waals surface area contributed by atoms with Crippen molar-refractivity contribution in [1.82, 2.24) is 5.32 Å². The Balaban J connectivity index is 1.74.